The van der Waals surface area contributed by atoms with Crippen LogP contribution in [0.15, 0.2) is 0 Å². The van der Waals surface area contributed by atoms with Crippen molar-refractivity contribution in [1.82, 2.24) is 5.32 Å². The van der Waals surface area contributed by atoms with Crippen LogP contribution in [-0.4, -0.2) is 41.2 Å². The molecule has 0 aliphatic rings. The average Bonchev–Trinajstić information content (AvgIpc) is 2.02. The quantitative estimate of drug-likeness (QED) is 0.616. The molecule has 0 aliphatic carbocycles. The van der Waals surface area contributed by atoms with Gasteiger partial charge in [-0.2, -0.15) is 11.8 Å². The molecular weight excluding hydrogens is 197 g/mol. The summed E-state index contributed by atoms with van der Waals surface area (Å²) in [7, 11) is 0. The van der Waals surface area contributed by atoms with Gasteiger partial charge >= 0.3 is 5.97 Å². The van der Waals surface area contributed by atoms with E-state index in [2.05, 4.69) is 5.32 Å². The summed E-state index contributed by atoms with van der Waals surface area (Å²) in [5.41, 5.74) is 0. The van der Waals surface area contributed by atoms with E-state index in [0.29, 0.717) is 0 Å². The highest BCUT2D eigenvalue weighted by molar-refractivity contribution is 7.99. The molecule has 0 aromatic rings. The van der Waals surface area contributed by atoms with Gasteiger partial charge < -0.3 is 10.4 Å². The molecule has 13 heavy (non-hydrogen) atoms. The van der Waals surface area contributed by atoms with Gasteiger partial charge in [0.1, 0.15) is 6.04 Å². The number of rotatable bonds is 6. The summed E-state index contributed by atoms with van der Waals surface area (Å²) in [6.45, 7) is 0.757. The van der Waals surface area contributed by atoms with Crippen molar-refractivity contribution in [3.05, 3.63) is 0 Å². The lowest BCUT2D eigenvalue weighted by molar-refractivity contribution is -0.140. The number of hydrogen-bond donors (Lipinski definition) is 2. The molecule has 76 valence electrons. The summed E-state index contributed by atoms with van der Waals surface area (Å²) >= 11 is 1.16. The minimum absolute atomic E-state index is 0.193. The van der Waals surface area contributed by atoms with Gasteiger partial charge in [0, 0.05) is 18.4 Å². The molecule has 0 aromatic heterocycles. The van der Waals surface area contributed by atoms with Gasteiger partial charge in [0.05, 0.1) is 6.67 Å². The van der Waals surface area contributed by atoms with Gasteiger partial charge in [-0.1, -0.05) is 0 Å². The van der Waals surface area contributed by atoms with Crippen LogP contribution in [0.5, 0.6) is 0 Å². The number of carboxylic acids is 1. The highest BCUT2D eigenvalue weighted by Gasteiger charge is 2.17. The van der Waals surface area contributed by atoms with Gasteiger partial charge in [-0.05, 0) is 0 Å². The van der Waals surface area contributed by atoms with Crippen LogP contribution in [-0.2, 0) is 9.59 Å². The van der Waals surface area contributed by atoms with Crippen molar-refractivity contribution in [3.8, 4) is 0 Å². The van der Waals surface area contributed by atoms with Gasteiger partial charge in [-0.25, -0.2) is 4.79 Å². The van der Waals surface area contributed by atoms with E-state index in [1.807, 2.05) is 0 Å². The maximum absolute atomic E-state index is 11.7. The molecule has 0 aromatic carbocycles. The van der Waals surface area contributed by atoms with Crippen molar-refractivity contribution in [3.63, 3.8) is 0 Å². The van der Waals surface area contributed by atoms with E-state index in [4.69, 9.17) is 5.11 Å². The fourth-order valence-electron chi connectivity index (χ4n) is 0.676. The molecule has 0 spiro atoms. The maximum Gasteiger partial charge on any atom is 0.327 e. The van der Waals surface area contributed by atoms with Crippen LogP contribution in [0.4, 0.5) is 4.39 Å². The largest absolute Gasteiger partial charge is 0.480 e. The summed E-state index contributed by atoms with van der Waals surface area (Å²) in [4.78, 5) is 21.0. The minimum Gasteiger partial charge on any atom is -0.480 e. The molecule has 0 unspecified atom stereocenters. The van der Waals surface area contributed by atoms with Crippen molar-refractivity contribution in [2.75, 3.05) is 18.2 Å². The normalized spacial score (nSPS) is 12.2. The first kappa shape index (κ1) is 12.2. The Morgan fingerprint density at radius 1 is 1.62 bits per heavy atom. The van der Waals surface area contributed by atoms with Crippen LogP contribution in [0.3, 0.4) is 0 Å². The Morgan fingerprint density at radius 3 is 2.62 bits per heavy atom. The highest BCUT2D eigenvalue weighted by Crippen LogP contribution is 2.03. The molecule has 0 saturated heterocycles. The Balaban J connectivity index is 3.81. The molecule has 0 heterocycles. The molecule has 1 amide bonds. The fraction of sp³-hybridized carbons (Fsp3) is 0.714. The lowest BCUT2D eigenvalue weighted by Crippen LogP contribution is -2.41. The number of amides is 1. The first-order valence-electron chi connectivity index (χ1n) is 3.71. The standard InChI is InChI=1S/C7H12FNO3S/c1-5(10)9-6(7(11)12)4-13-3-2-8/h6H,2-4H2,1H3,(H,9,10)(H,11,12)/t6-/m0/s1. The van der Waals surface area contributed by atoms with Crippen LogP contribution in [0.1, 0.15) is 6.92 Å². The van der Waals surface area contributed by atoms with E-state index in [-0.39, 0.29) is 11.5 Å². The topological polar surface area (TPSA) is 66.4 Å². The van der Waals surface area contributed by atoms with Crippen molar-refractivity contribution < 1.29 is 19.1 Å². The smallest absolute Gasteiger partial charge is 0.327 e. The number of alkyl halides is 1. The predicted octanol–water partition coefficient (Wildman–Crippen LogP) is 0.278. The monoisotopic (exact) mass is 209 g/mol. The lowest BCUT2D eigenvalue weighted by atomic mass is 10.3. The van der Waals surface area contributed by atoms with E-state index < -0.39 is 24.6 Å². The van der Waals surface area contributed by atoms with Crippen molar-refractivity contribution in [1.29, 1.82) is 0 Å². The number of carboxylic acid groups (broad SMARTS) is 1. The zero-order chi connectivity index (χ0) is 10.3. The number of carbonyl (C=O) groups excluding carboxylic acids is 1. The number of carbonyl (C=O) groups is 2. The van der Waals surface area contributed by atoms with E-state index >= 15 is 0 Å². The lowest BCUT2D eigenvalue weighted by Gasteiger charge is -2.11. The van der Waals surface area contributed by atoms with E-state index in [1.165, 1.54) is 6.92 Å². The Hall–Kier alpha value is -0.780. The van der Waals surface area contributed by atoms with Gasteiger partial charge in [0.2, 0.25) is 5.91 Å². The third kappa shape index (κ3) is 6.39. The first-order valence-corrected chi connectivity index (χ1v) is 4.87. The summed E-state index contributed by atoms with van der Waals surface area (Å²) in [5, 5.41) is 10.9. The van der Waals surface area contributed by atoms with Crippen LogP contribution >= 0.6 is 11.8 Å². The molecule has 0 aliphatic heterocycles. The van der Waals surface area contributed by atoms with Crippen molar-refractivity contribution in [2.24, 2.45) is 0 Å². The molecular formula is C7H12FNO3S. The van der Waals surface area contributed by atoms with Crippen molar-refractivity contribution in [2.45, 2.75) is 13.0 Å². The second kappa shape index (κ2) is 6.71. The van der Waals surface area contributed by atoms with Gasteiger partial charge in [-0.3, -0.25) is 9.18 Å². The molecule has 0 fully saturated rings. The molecule has 4 nitrogen and oxygen atoms in total. The number of halogens is 1. The first-order chi connectivity index (χ1) is 6.07. The number of aliphatic carboxylic acids is 1. The number of hydrogen-bond acceptors (Lipinski definition) is 3. The van der Waals surface area contributed by atoms with Crippen LogP contribution < -0.4 is 5.32 Å². The number of thioether (sulfide) groups is 1. The van der Waals surface area contributed by atoms with E-state index in [0.717, 1.165) is 11.8 Å². The van der Waals surface area contributed by atoms with Crippen LogP contribution in [0.25, 0.3) is 0 Å². The summed E-state index contributed by atoms with van der Waals surface area (Å²) in [5.74, 6) is -1.04. The average molecular weight is 209 g/mol. The van der Waals surface area contributed by atoms with Crippen molar-refractivity contribution >= 4 is 23.6 Å². The van der Waals surface area contributed by atoms with Gasteiger partial charge in [0.15, 0.2) is 0 Å². The van der Waals surface area contributed by atoms with Gasteiger partial charge in [0.25, 0.3) is 0 Å². The Labute approximate surface area is 79.9 Å². The summed E-state index contributed by atoms with van der Waals surface area (Å²) < 4.78 is 11.7. The molecule has 0 saturated carbocycles. The van der Waals surface area contributed by atoms with Gasteiger partial charge in [-0.15, -0.1) is 0 Å². The zero-order valence-corrected chi connectivity index (χ0v) is 8.07. The van der Waals surface area contributed by atoms with E-state index in [1.54, 1.807) is 0 Å². The maximum atomic E-state index is 11.7. The SMILES string of the molecule is CC(=O)N[C@@H](CSCCF)C(=O)O. The molecule has 0 bridgehead atoms. The number of nitrogens with one attached hydrogen (secondary N) is 1. The van der Waals surface area contributed by atoms with Crippen LogP contribution in [0, 0.1) is 0 Å². The Bertz CT molecular complexity index is 189. The highest BCUT2D eigenvalue weighted by atomic mass is 32.2. The summed E-state index contributed by atoms with van der Waals surface area (Å²) in [6, 6.07) is -0.922. The zero-order valence-electron chi connectivity index (χ0n) is 7.25. The summed E-state index contributed by atoms with van der Waals surface area (Å²) in [6.07, 6.45) is 0. The second-order valence-electron chi connectivity index (χ2n) is 2.36. The van der Waals surface area contributed by atoms with Crippen LogP contribution in [0.2, 0.25) is 0 Å². The fourth-order valence-corrected chi connectivity index (χ4v) is 1.41. The predicted molar refractivity (Wildman–Crippen MR) is 48.5 cm³/mol. The Kier molecular flexibility index (Phi) is 6.30. The molecule has 2 N–H and O–H groups in total. The minimum atomic E-state index is -1.10. The third-order valence-corrected chi connectivity index (χ3v) is 2.19. The molecule has 1 atom stereocenters. The molecule has 6 heteroatoms. The third-order valence-electron chi connectivity index (χ3n) is 1.18. The Morgan fingerprint density at radius 2 is 2.23 bits per heavy atom. The van der Waals surface area contributed by atoms with E-state index in [9.17, 15) is 14.0 Å². The molecule has 0 radical (unpaired) electrons. The second-order valence-corrected chi connectivity index (χ2v) is 3.51. The molecule has 0 rings (SSSR count).